The Bertz CT molecular complexity index is 1060. The molecule has 0 bridgehead atoms. The van der Waals surface area contributed by atoms with Crippen LogP contribution in [0.1, 0.15) is 5.56 Å². The molecular weight excluding hydrogens is 419 g/mol. The summed E-state index contributed by atoms with van der Waals surface area (Å²) in [5.74, 6) is 0. The van der Waals surface area contributed by atoms with E-state index >= 15 is 0 Å². The van der Waals surface area contributed by atoms with Crippen LogP contribution in [0.5, 0.6) is 0 Å². The molecule has 140 valence electrons. The molecule has 0 saturated carbocycles. The second-order valence-electron chi connectivity index (χ2n) is 5.64. The maximum absolute atomic E-state index is 13.6. The number of hydrogen-bond acceptors (Lipinski definition) is 3. The summed E-state index contributed by atoms with van der Waals surface area (Å²) in [5, 5.41) is 1.01. The molecule has 0 saturated heterocycles. The maximum Gasteiger partial charge on any atom is 1.00 e. The third-order valence-electron chi connectivity index (χ3n) is 3.83. The molecular formula is C19H13F3NaO3PS. The van der Waals surface area contributed by atoms with Gasteiger partial charge in [0.2, 0.25) is 0 Å². The Kier molecular flexibility index (Phi) is 7.48. The van der Waals surface area contributed by atoms with Gasteiger partial charge in [-0.1, -0.05) is 60.7 Å². The Morgan fingerprint density at radius 3 is 1.96 bits per heavy atom. The van der Waals surface area contributed by atoms with Crippen molar-refractivity contribution >= 4 is 34.0 Å². The van der Waals surface area contributed by atoms with Crippen molar-refractivity contribution in [3.63, 3.8) is 0 Å². The second kappa shape index (κ2) is 9.08. The minimum absolute atomic E-state index is 0. The Balaban J connectivity index is 0.00000280. The molecule has 0 fully saturated rings. The van der Waals surface area contributed by atoms with Crippen molar-refractivity contribution in [1.29, 1.82) is 0 Å². The van der Waals surface area contributed by atoms with Gasteiger partial charge in [-0.15, -0.1) is 0 Å². The minimum Gasteiger partial charge on any atom is -0.744 e. The number of hydrogen-bond donors (Lipinski definition) is 0. The molecule has 1 atom stereocenters. The van der Waals surface area contributed by atoms with E-state index < -0.39 is 34.7 Å². The number of alkyl halides is 3. The van der Waals surface area contributed by atoms with E-state index in [1.807, 2.05) is 0 Å². The summed E-state index contributed by atoms with van der Waals surface area (Å²) in [7, 11) is -6.44. The molecule has 0 amide bonds. The van der Waals surface area contributed by atoms with Crippen LogP contribution < -0.4 is 45.5 Å². The monoisotopic (exact) mass is 432 g/mol. The van der Waals surface area contributed by atoms with E-state index in [2.05, 4.69) is 0 Å². The van der Waals surface area contributed by atoms with Gasteiger partial charge in [0.15, 0.2) is 0 Å². The molecule has 0 N–H and O–H groups in total. The summed E-state index contributed by atoms with van der Waals surface area (Å²) >= 11 is 0. The van der Waals surface area contributed by atoms with Crippen LogP contribution in [0.25, 0.3) is 0 Å². The zero-order valence-corrected chi connectivity index (χ0v) is 18.4. The van der Waals surface area contributed by atoms with Crippen molar-refractivity contribution in [2.45, 2.75) is 11.1 Å². The molecule has 0 heterocycles. The van der Waals surface area contributed by atoms with Crippen LogP contribution in [0, 0.1) is 0 Å². The summed E-state index contributed by atoms with van der Waals surface area (Å²) in [4.78, 5) is -0.465. The summed E-state index contributed by atoms with van der Waals surface area (Å²) in [6.45, 7) is 0. The quantitative estimate of drug-likeness (QED) is 0.340. The maximum atomic E-state index is 13.6. The van der Waals surface area contributed by atoms with Crippen molar-refractivity contribution in [2.75, 3.05) is 0 Å². The van der Waals surface area contributed by atoms with Crippen LogP contribution in [0.2, 0.25) is 0 Å². The average Bonchev–Trinajstić information content (AvgIpc) is 2.62. The van der Waals surface area contributed by atoms with Gasteiger partial charge in [-0.05, 0) is 42.0 Å². The van der Waals surface area contributed by atoms with Crippen LogP contribution in [0.4, 0.5) is 13.2 Å². The third-order valence-corrected chi connectivity index (χ3v) is 7.14. The molecule has 0 aliphatic heterocycles. The molecule has 3 rings (SSSR count). The summed E-state index contributed by atoms with van der Waals surface area (Å²) in [5.41, 5.74) is -0.782. The molecule has 28 heavy (non-hydrogen) atoms. The second-order valence-corrected chi connectivity index (χ2v) is 9.20. The van der Waals surface area contributed by atoms with Gasteiger partial charge in [0.25, 0.3) is 0 Å². The first-order valence-electron chi connectivity index (χ1n) is 7.75. The first-order valence-corrected chi connectivity index (χ1v) is 10.5. The van der Waals surface area contributed by atoms with E-state index in [-0.39, 0.29) is 34.9 Å². The van der Waals surface area contributed by atoms with Gasteiger partial charge >= 0.3 is 35.7 Å². The molecule has 3 aromatic carbocycles. The van der Waals surface area contributed by atoms with Gasteiger partial charge in [-0.3, -0.25) is 0 Å². The molecule has 3 nitrogen and oxygen atoms in total. The van der Waals surface area contributed by atoms with Crippen LogP contribution in [0.15, 0.2) is 83.8 Å². The van der Waals surface area contributed by atoms with Gasteiger partial charge in [-0.25, -0.2) is 8.42 Å². The molecule has 0 spiro atoms. The standard InChI is InChI=1S/C19H14F3O3PS.Na/c20-19(21,22)17-11-4-5-12-18(17)26(14-7-2-1-3-8-14)15-9-6-10-16(13-15)27(23,24)25;/h1-13H,(H,23,24,25);/q;+1/p-1. The zero-order chi connectivity index (χ0) is 19.7. The van der Waals surface area contributed by atoms with Crippen LogP contribution in [-0.4, -0.2) is 13.0 Å². The summed E-state index contributed by atoms with van der Waals surface area (Å²) < 4.78 is 74.9. The Morgan fingerprint density at radius 2 is 1.36 bits per heavy atom. The van der Waals surface area contributed by atoms with Crippen molar-refractivity contribution in [1.82, 2.24) is 0 Å². The van der Waals surface area contributed by atoms with Gasteiger partial charge < -0.3 is 4.55 Å². The van der Waals surface area contributed by atoms with Crippen molar-refractivity contribution in [2.24, 2.45) is 0 Å². The van der Waals surface area contributed by atoms with Gasteiger partial charge in [0, 0.05) is 0 Å². The minimum atomic E-state index is -4.72. The topological polar surface area (TPSA) is 57.2 Å². The molecule has 0 aromatic heterocycles. The van der Waals surface area contributed by atoms with Crippen molar-refractivity contribution in [3.05, 3.63) is 84.4 Å². The molecule has 0 aliphatic rings. The molecule has 0 radical (unpaired) electrons. The van der Waals surface area contributed by atoms with E-state index in [1.54, 1.807) is 36.4 Å². The van der Waals surface area contributed by atoms with E-state index in [4.69, 9.17) is 0 Å². The van der Waals surface area contributed by atoms with Gasteiger partial charge in [0.1, 0.15) is 10.1 Å². The first-order chi connectivity index (χ1) is 12.7. The van der Waals surface area contributed by atoms with Crippen molar-refractivity contribution in [3.8, 4) is 0 Å². The first kappa shape index (κ1) is 23.1. The van der Waals surface area contributed by atoms with Crippen LogP contribution in [0.3, 0.4) is 0 Å². The molecule has 0 aliphatic carbocycles. The number of rotatable bonds is 4. The Morgan fingerprint density at radius 1 is 0.786 bits per heavy atom. The van der Waals surface area contributed by atoms with Crippen molar-refractivity contribution < 1.29 is 55.7 Å². The SMILES string of the molecule is O=S(=O)([O-])c1cccc(P(c2ccccc2)c2ccccc2C(F)(F)F)c1.[Na+]. The fourth-order valence-electron chi connectivity index (χ4n) is 2.69. The molecule has 3 aromatic rings. The van der Waals surface area contributed by atoms with E-state index in [0.29, 0.717) is 10.6 Å². The van der Waals surface area contributed by atoms with E-state index in [1.165, 1.54) is 24.3 Å². The predicted molar refractivity (Wildman–Crippen MR) is 98.1 cm³/mol. The third kappa shape index (κ3) is 5.23. The van der Waals surface area contributed by atoms with Crippen LogP contribution >= 0.6 is 7.92 Å². The summed E-state index contributed by atoms with van der Waals surface area (Å²) in [6.07, 6.45) is -4.56. The normalized spacial score (nSPS) is 12.9. The average molecular weight is 432 g/mol. The largest absolute Gasteiger partial charge is 1.00 e. The number of benzene rings is 3. The van der Waals surface area contributed by atoms with Gasteiger partial charge in [-0.2, -0.15) is 13.2 Å². The van der Waals surface area contributed by atoms with Crippen LogP contribution in [-0.2, 0) is 16.3 Å². The van der Waals surface area contributed by atoms with Gasteiger partial charge in [0.05, 0.1) is 10.5 Å². The molecule has 9 heteroatoms. The Hall–Kier alpha value is -1.21. The smallest absolute Gasteiger partial charge is 0.744 e. The molecule has 1 unspecified atom stereocenters. The van der Waals surface area contributed by atoms with E-state index in [9.17, 15) is 26.1 Å². The Labute approximate surface area is 184 Å². The predicted octanol–water partition coefficient (Wildman–Crippen LogP) is 0.372. The summed E-state index contributed by atoms with van der Waals surface area (Å²) in [6, 6.07) is 19.0. The van der Waals surface area contributed by atoms with E-state index in [0.717, 1.165) is 18.2 Å². The number of halogens is 3. The fourth-order valence-corrected chi connectivity index (χ4v) is 5.80. The zero-order valence-electron chi connectivity index (χ0n) is 14.7. The fraction of sp³-hybridized carbons (Fsp3) is 0.0526.